The second kappa shape index (κ2) is 5.46. The molecule has 106 valence electrons. The highest BCUT2D eigenvalue weighted by molar-refractivity contribution is 6.03. The second-order valence-corrected chi connectivity index (χ2v) is 4.77. The van der Waals surface area contributed by atoms with Crippen molar-refractivity contribution in [2.24, 2.45) is 0 Å². The van der Waals surface area contributed by atoms with E-state index < -0.39 is 0 Å². The molecule has 2 aromatic heterocycles. The number of carbonyl (C=O) groups is 1. The maximum Gasteiger partial charge on any atom is 0.262 e. The highest BCUT2D eigenvalue weighted by Gasteiger charge is 2.11. The van der Waals surface area contributed by atoms with Crippen LogP contribution in [0.1, 0.15) is 5.56 Å². The minimum atomic E-state index is -0.129. The molecule has 1 aromatic carbocycles. The average Bonchev–Trinajstić information content (AvgIpc) is 2.52. The van der Waals surface area contributed by atoms with Gasteiger partial charge in [0.1, 0.15) is 13.0 Å². The summed E-state index contributed by atoms with van der Waals surface area (Å²) in [6, 6.07) is 9.08. The molecule has 0 N–H and O–H groups in total. The first kappa shape index (κ1) is 13.5. The number of aldehydes is 1. The minimum absolute atomic E-state index is 0.129. The molecule has 0 saturated heterocycles. The van der Waals surface area contributed by atoms with E-state index in [1.54, 1.807) is 30.0 Å². The number of hydrogen-bond donors (Lipinski definition) is 0. The van der Waals surface area contributed by atoms with Crippen LogP contribution in [0.15, 0.2) is 41.3 Å². The number of aromatic nitrogens is 2. The third-order valence-electron chi connectivity index (χ3n) is 3.47. The van der Waals surface area contributed by atoms with Crippen LogP contribution in [-0.2, 0) is 22.7 Å². The third kappa shape index (κ3) is 2.21. The van der Waals surface area contributed by atoms with Gasteiger partial charge in [0.05, 0.1) is 16.4 Å². The summed E-state index contributed by atoms with van der Waals surface area (Å²) < 4.78 is 6.70. The van der Waals surface area contributed by atoms with Crippen LogP contribution in [-0.4, -0.2) is 22.9 Å². The lowest BCUT2D eigenvalue weighted by molar-refractivity contribution is -0.107. The Labute approximate surface area is 120 Å². The van der Waals surface area contributed by atoms with Crippen LogP contribution in [0.2, 0.25) is 0 Å². The fraction of sp³-hybridized carbons (Fsp3) is 0.188. The van der Waals surface area contributed by atoms with Gasteiger partial charge in [0.15, 0.2) is 0 Å². The molecule has 0 fully saturated rings. The van der Waals surface area contributed by atoms with Crippen molar-refractivity contribution in [1.29, 1.82) is 0 Å². The van der Waals surface area contributed by atoms with Crippen molar-refractivity contribution in [3.05, 3.63) is 52.4 Å². The first-order valence-electron chi connectivity index (χ1n) is 6.59. The lowest BCUT2D eigenvalue weighted by atomic mass is 10.1. The molecule has 0 saturated carbocycles. The SMILES string of the molecule is COCn1c(=O)c2cccnc2c2cc(CC=O)ccc21. The van der Waals surface area contributed by atoms with Crippen molar-refractivity contribution >= 4 is 28.1 Å². The lowest BCUT2D eigenvalue weighted by Crippen LogP contribution is -2.22. The Morgan fingerprint density at radius 1 is 1.29 bits per heavy atom. The molecule has 0 aliphatic rings. The van der Waals surface area contributed by atoms with E-state index in [4.69, 9.17) is 4.74 Å². The van der Waals surface area contributed by atoms with Crippen LogP contribution in [0.25, 0.3) is 21.8 Å². The molecule has 0 radical (unpaired) electrons. The quantitative estimate of drug-likeness (QED) is 0.541. The summed E-state index contributed by atoms with van der Waals surface area (Å²) in [7, 11) is 1.55. The van der Waals surface area contributed by atoms with Crippen LogP contribution in [0.3, 0.4) is 0 Å². The Hall–Kier alpha value is -2.53. The summed E-state index contributed by atoms with van der Waals surface area (Å²) >= 11 is 0. The van der Waals surface area contributed by atoms with E-state index in [0.717, 1.165) is 22.8 Å². The summed E-state index contributed by atoms with van der Waals surface area (Å²) in [6.45, 7) is 0.174. The zero-order chi connectivity index (χ0) is 14.8. The summed E-state index contributed by atoms with van der Waals surface area (Å²) in [6.07, 6.45) is 2.86. The third-order valence-corrected chi connectivity index (χ3v) is 3.47. The number of hydrogen-bond acceptors (Lipinski definition) is 4. The molecule has 0 aliphatic heterocycles. The number of carbonyl (C=O) groups excluding carboxylic acids is 1. The predicted octanol–water partition coefficient (Wildman–Crippen LogP) is 1.90. The first-order valence-corrected chi connectivity index (χ1v) is 6.59. The van der Waals surface area contributed by atoms with E-state index in [2.05, 4.69) is 4.98 Å². The Morgan fingerprint density at radius 2 is 2.14 bits per heavy atom. The highest BCUT2D eigenvalue weighted by atomic mass is 16.5. The number of pyridine rings is 2. The molecule has 0 atom stereocenters. The molecule has 2 heterocycles. The van der Waals surface area contributed by atoms with E-state index in [1.165, 1.54) is 0 Å². The molecule has 0 amide bonds. The molecule has 3 aromatic rings. The van der Waals surface area contributed by atoms with Crippen molar-refractivity contribution in [2.45, 2.75) is 13.2 Å². The summed E-state index contributed by atoms with van der Waals surface area (Å²) in [5.74, 6) is 0. The van der Waals surface area contributed by atoms with Gasteiger partial charge in [0.2, 0.25) is 0 Å². The summed E-state index contributed by atoms with van der Waals surface area (Å²) in [5, 5.41) is 1.40. The molecular formula is C16H14N2O3. The second-order valence-electron chi connectivity index (χ2n) is 4.77. The van der Waals surface area contributed by atoms with Gasteiger partial charge < -0.3 is 9.53 Å². The van der Waals surface area contributed by atoms with Gasteiger partial charge in [-0.25, -0.2) is 0 Å². The monoisotopic (exact) mass is 282 g/mol. The van der Waals surface area contributed by atoms with Gasteiger partial charge >= 0.3 is 0 Å². The fourth-order valence-electron chi connectivity index (χ4n) is 2.54. The molecule has 5 heteroatoms. The molecule has 5 nitrogen and oxygen atoms in total. The molecule has 3 rings (SSSR count). The normalized spacial score (nSPS) is 11.1. The highest BCUT2D eigenvalue weighted by Crippen LogP contribution is 2.22. The Kier molecular flexibility index (Phi) is 3.50. The van der Waals surface area contributed by atoms with Gasteiger partial charge in [-0.05, 0) is 29.8 Å². The first-order chi connectivity index (χ1) is 10.3. The number of nitrogens with zero attached hydrogens (tertiary/aromatic N) is 2. The van der Waals surface area contributed by atoms with Crippen LogP contribution < -0.4 is 5.56 Å². The Balaban J connectivity index is 2.46. The van der Waals surface area contributed by atoms with Gasteiger partial charge in [0, 0.05) is 25.1 Å². The number of fused-ring (bicyclic) bond motifs is 3. The molecular weight excluding hydrogens is 268 g/mol. The van der Waals surface area contributed by atoms with E-state index in [9.17, 15) is 9.59 Å². The lowest BCUT2D eigenvalue weighted by Gasteiger charge is -2.12. The Bertz CT molecular complexity index is 884. The maximum atomic E-state index is 12.5. The smallest absolute Gasteiger partial charge is 0.262 e. The predicted molar refractivity (Wildman–Crippen MR) is 80.3 cm³/mol. The minimum Gasteiger partial charge on any atom is -0.364 e. The molecule has 0 unspecified atom stereocenters. The fourth-order valence-corrected chi connectivity index (χ4v) is 2.54. The van der Waals surface area contributed by atoms with Crippen LogP contribution in [0, 0.1) is 0 Å². The van der Waals surface area contributed by atoms with E-state index in [1.807, 2.05) is 18.2 Å². The largest absolute Gasteiger partial charge is 0.364 e. The van der Waals surface area contributed by atoms with E-state index in [-0.39, 0.29) is 12.3 Å². The molecule has 0 spiro atoms. The van der Waals surface area contributed by atoms with Gasteiger partial charge in [-0.1, -0.05) is 6.07 Å². The summed E-state index contributed by atoms with van der Waals surface area (Å²) in [4.78, 5) is 27.6. The van der Waals surface area contributed by atoms with Crippen molar-refractivity contribution in [2.75, 3.05) is 7.11 Å². The maximum absolute atomic E-state index is 12.5. The summed E-state index contributed by atoms with van der Waals surface area (Å²) in [5.41, 5.74) is 2.17. The van der Waals surface area contributed by atoms with Crippen molar-refractivity contribution in [1.82, 2.24) is 9.55 Å². The zero-order valence-corrected chi connectivity index (χ0v) is 11.6. The van der Waals surface area contributed by atoms with Gasteiger partial charge in [-0.15, -0.1) is 0 Å². The molecule has 0 aliphatic carbocycles. The van der Waals surface area contributed by atoms with Crippen LogP contribution in [0.5, 0.6) is 0 Å². The standard InChI is InChI=1S/C16H14N2O3/c1-21-10-18-14-5-4-11(6-8-19)9-13(14)15-12(16(18)20)3-2-7-17-15/h2-5,7-9H,6,10H2,1H3. The van der Waals surface area contributed by atoms with Gasteiger partial charge in [-0.3, -0.25) is 14.3 Å². The van der Waals surface area contributed by atoms with Gasteiger partial charge in [0.25, 0.3) is 5.56 Å². The van der Waals surface area contributed by atoms with Gasteiger partial charge in [-0.2, -0.15) is 0 Å². The van der Waals surface area contributed by atoms with E-state index >= 15 is 0 Å². The molecule has 0 bridgehead atoms. The number of benzene rings is 1. The average molecular weight is 282 g/mol. The van der Waals surface area contributed by atoms with E-state index in [0.29, 0.717) is 17.3 Å². The number of methoxy groups -OCH3 is 1. The molecule has 21 heavy (non-hydrogen) atoms. The van der Waals surface area contributed by atoms with Crippen LogP contribution in [0.4, 0.5) is 0 Å². The topological polar surface area (TPSA) is 61.2 Å². The zero-order valence-electron chi connectivity index (χ0n) is 11.6. The number of ether oxygens (including phenoxy) is 1. The number of rotatable bonds is 4. The van der Waals surface area contributed by atoms with Crippen molar-refractivity contribution in [3.63, 3.8) is 0 Å². The Morgan fingerprint density at radius 3 is 2.90 bits per heavy atom. The van der Waals surface area contributed by atoms with Crippen LogP contribution >= 0.6 is 0 Å². The van der Waals surface area contributed by atoms with Crippen molar-refractivity contribution in [3.8, 4) is 0 Å². The van der Waals surface area contributed by atoms with Crippen molar-refractivity contribution < 1.29 is 9.53 Å².